The summed E-state index contributed by atoms with van der Waals surface area (Å²) >= 11 is 2.60. The first-order chi connectivity index (χ1) is 12.5. The summed E-state index contributed by atoms with van der Waals surface area (Å²) in [5.41, 5.74) is 0.240. The van der Waals surface area contributed by atoms with Gasteiger partial charge in [-0.25, -0.2) is 9.37 Å². The van der Waals surface area contributed by atoms with Gasteiger partial charge < -0.3 is 5.32 Å². The maximum Gasteiger partial charge on any atom is 0.263 e. The Hall–Kier alpha value is -2.45. The number of nitrogens with zero attached hydrogens (tertiary/aromatic N) is 2. The van der Waals surface area contributed by atoms with Gasteiger partial charge >= 0.3 is 0 Å². The maximum atomic E-state index is 13.2. The minimum absolute atomic E-state index is 0.0515. The van der Waals surface area contributed by atoms with E-state index >= 15 is 0 Å². The summed E-state index contributed by atoms with van der Waals surface area (Å²) in [4.78, 5) is 31.0. The maximum absolute atomic E-state index is 13.2. The average Bonchev–Trinajstić information content (AvgIpc) is 2.96. The van der Waals surface area contributed by atoms with Gasteiger partial charge in [0.15, 0.2) is 5.16 Å². The van der Waals surface area contributed by atoms with Gasteiger partial charge in [0.05, 0.1) is 11.1 Å². The van der Waals surface area contributed by atoms with E-state index in [-0.39, 0.29) is 17.2 Å². The van der Waals surface area contributed by atoms with Crippen LogP contribution < -0.4 is 10.9 Å². The number of fused-ring (bicyclic) bond motifs is 1. The summed E-state index contributed by atoms with van der Waals surface area (Å²) in [5.74, 6) is -0.673. The van der Waals surface area contributed by atoms with Gasteiger partial charge in [0.1, 0.15) is 10.6 Å². The number of anilines is 1. The molecule has 0 bridgehead atoms. The van der Waals surface area contributed by atoms with E-state index in [9.17, 15) is 14.0 Å². The van der Waals surface area contributed by atoms with E-state index in [1.807, 2.05) is 13.0 Å². The highest BCUT2D eigenvalue weighted by Gasteiger charge is 2.14. The van der Waals surface area contributed by atoms with E-state index in [1.54, 1.807) is 12.1 Å². The van der Waals surface area contributed by atoms with Crippen LogP contribution in [-0.2, 0) is 11.3 Å². The van der Waals surface area contributed by atoms with Crippen molar-refractivity contribution in [2.24, 2.45) is 0 Å². The summed E-state index contributed by atoms with van der Waals surface area (Å²) in [6.45, 7) is 5.90. The van der Waals surface area contributed by atoms with Crippen molar-refractivity contribution in [3.8, 4) is 0 Å². The van der Waals surface area contributed by atoms with E-state index in [1.165, 1.54) is 34.1 Å². The molecule has 134 valence electrons. The molecule has 0 saturated carbocycles. The van der Waals surface area contributed by atoms with Crippen molar-refractivity contribution in [3.63, 3.8) is 0 Å². The third-order valence-electron chi connectivity index (χ3n) is 3.49. The molecule has 8 heteroatoms. The lowest BCUT2D eigenvalue weighted by Crippen LogP contribution is -2.23. The Bertz CT molecular complexity index is 1040. The molecule has 0 radical (unpaired) electrons. The number of halogens is 1. The molecule has 0 aliphatic heterocycles. The van der Waals surface area contributed by atoms with Crippen LogP contribution in [-0.4, -0.2) is 21.2 Å². The molecular weight excluding hydrogens is 373 g/mol. The highest BCUT2D eigenvalue weighted by atomic mass is 32.2. The standard InChI is InChI=1S/C18H16FN3O2S2/c1-3-7-22-17(24)14-8-11(2)26-16(14)21-18(22)25-10-15(23)20-13-6-4-5-12(19)9-13/h3-6,8-9H,1,7,10H2,2H3,(H,20,23). The molecule has 1 amide bonds. The van der Waals surface area contributed by atoms with Crippen molar-refractivity contribution in [2.45, 2.75) is 18.6 Å². The minimum Gasteiger partial charge on any atom is -0.325 e. The number of nitrogens with one attached hydrogen (secondary N) is 1. The second-order valence-electron chi connectivity index (χ2n) is 5.52. The molecule has 0 aliphatic rings. The van der Waals surface area contributed by atoms with Gasteiger partial charge in [-0.15, -0.1) is 17.9 Å². The molecule has 3 rings (SSSR count). The third-order valence-corrected chi connectivity index (χ3v) is 5.41. The molecule has 3 aromatic rings. The Morgan fingerprint density at radius 3 is 3.00 bits per heavy atom. The SMILES string of the molecule is C=CCn1c(SCC(=O)Nc2cccc(F)c2)nc2sc(C)cc2c1=O. The molecule has 2 aromatic heterocycles. The second-order valence-corrected chi connectivity index (χ2v) is 7.70. The summed E-state index contributed by atoms with van der Waals surface area (Å²) in [6, 6.07) is 7.50. The highest BCUT2D eigenvalue weighted by Crippen LogP contribution is 2.24. The lowest BCUT2D eigenvalue weighted by atomic mass is 10.3. The predicted molar refractivity (Wildman–Crippen MR) is 105 cm³/mol. The molecule has 5 nitrogen and oxygen atoms in total. The summed E-state index contributed by atoms with van der Waals surface area (Å²) < 4.78 is 14.7. The number of hydrogen-bond donors (Lipinski definition) is 1. The van der Waals surface area contributed by atoms with Gasteiger partial charge in [-0.2, -0.15) is 0 Å². The van der Waals surface area contributed by atoms with Crippen molar-refractivity contribution in [2.75, 3.05) is 11.1 Å². The Kier molecular flexibility index (Phi) is 5.53. The van der Waals surface area contributed by atoms with Crippen LogP contribution >= 0.6 is 23.1 Å². The molecule has 2 heterocycles. The lowest BCUT2D eigenvalue weighted by Gasteiger charge is -2.10. The average molecular weight is 389 g/mol. The van der Waals surface area contributed by atoms with E-state index in [2.05, 4.69) is 16.9 Å². The predicted octanol–water partition coefficient (Wildman–Crippen LogP) is 3.82. The fourth-order valence-corrected chi connectivity index (χ4v) is 4.14. The first kappa shape index (κ1) is 18.3. The molecular formula is C18H16FN3O2S2. The van der Waals surface area contributed by atoms with Crippen molar-refractivity contribution < 1.29 is 9.18 Å². The zero-order chi connectivity index (χ0) is 18.7. The van der Waals surface area contributed by atoms with Crippen LogP contribution in [0.3, 0.4) is 0 Å². The number of benzene rings is 1. The van der Waals surface area contributed by atoms with Crippen molar-refractivity contribution in [1.29, 1.82) is 0 Å². The Morgan fingerprint density at radius 2 is 2.27 bits per heavy atom. The quantitative estimate of drug-likeness (QED) is 0.395. The van der Waals surface area contributed by atoms with Gasteiger partial charge in [0.2, 0.25) is 5.91 Å². The number of hydrogen-bond acceptors (Lipinski definition) is 5. The molecule has 0 aliphatic carbocycles. The topological polar surface area (TPSA) is 64.0 Å². The lowest BCUT2D eigenvalue weighted by molar-refractivity contribution is -0.113. The minimum atomic E-state index is -0.421. The van der Waals surface area contributed by atoms with Gasteiger partial charge in [0.25, 0.3) is 5.56 Å². The smallest absolute Gasteiger partial charge is 0.263 e. The van der Waals surface area contributed by atoms with E-state index in [0.717, 1.165) is 16.6 Å². The number of carbonyl (C=O) groups excluding carboxylic acids is 1. The van der Waals surface area contributed by atoms with Crippen LogP contribution in [0.1, 0.15) is 4.88 Å². The molecule has 26 heavy (non-hydrogen) atoms. The highest BCUT2D eigenvalue weighted by molar-refractivity contribution is 7.99. The molecule has 0 fully saturated rings. The van der Waals surface area contributed by atoms with Crippen molar-refractivity contribution in [3.05, 3.63) is 64.0 Å². The van der Waals surface area contributed by atoms with Crippen LogP contribution in [0.2, 0.25) is 0 Å². The van der Waals surface area contributed by atoms with Crippen LogP contribution in [0, 0.1) is 12.7 Å². The Balaban J connectivity index is 1.81. The van der Waals surface area contributed by atoms with Gasteiger partial charge in [-0.05, 0) is 31.2 Å². The summed E-state index contributed by atoms with van der Waals surface area (Å²) in [5, 5.41) is 3.66. The fraction of sp³-hybridized carbons (Fsp3) is 0.167. The van der Waals surface area contributed by atoms with Crippen molar-refractivity contribution >= 4 is 44.9 Å². The van der Waals surface area contributed by atoms with E-state index < -0.39 is 5.82 Å². The largest absolute Gasteiger partial charge is 0.325 e. The first-order valence-corrected chi connectivity index (χ1v) is 9.58. The number of carbonyl (C=O) groups is 1. The number of rotatable bonds is 6. The normalized spacial score (nSPS) is 10.8. The fourth-order valence-electron chi connectivity index (χ4n) is 2.41. The molecule has 0 saturated heterocycles. The molecule has 0 unspecified atom stereocenters. The van der Waals surface area contributed by atoms with Crippen LogP contribution in [0.25, 0.3) is 10.2 Å². The number of aromatic nitrogens is 2. The van der Waals surface area contributed by atoms with E-state index in [0.29, 0.717) is 27.6 Å². The molecule has 1 N–H and O–H groups in total. The van der Waals surface area contributed by atoms with Gasteiger partial charge in [-0.3, -0.25) is 14.2 Å². The second kappa shape index (κ2) is 7.84. The molecule has 1 aromatic carbocycles. The van der Waals surface area contributed by atoms with Crippen LogP contribution in [0.4, 0.5) is 10.1 Å². The Labute approximate surface area is 157 Å². The number of thioether (sulfide) groups is 1. The number of amides is 1. The zero-order valence-corrected chi connectivity index (χ0v) is 15.6. The monoisotopic (exact) mass is 389 g/mol. The number of allylic oxidation sites excluding steroid dienone is 1. The molecule has 0 atom stereocenters. The number of thiophene rings is 1. The van der Waals surface area contributed by atoms with E-state index in [4.69, 9.17) is 0 Å². The Morgan fingerprint density at radius 1 is 1.46 bits per heavy atom. The zero-order valence-electron chi connectivity index (χ0n) is 14.0. The van der Waals surface area contributed by atoms with Gasteiger partial charge in [-0.1, -0.05) is 23.9 Å². The number of aryl methyl sites for hydroxylation is 1. The van der Waals surface area contributed by atoms with Crippen molar-refractivity contribution in [1.82, 2.24) is 9.55 Å². The first-order valence-electron chi connectivity index (χ1n) is 7.78. The molecule has 0 spiro atoms. The summed E-state index contributed by atoms with van der Waals surface area (Å²) in [6.07, 6.45) is 1.62. The van der Waals surface area contributed by atoms with Crippen LogP contribution in [0.15, 0.2) is 52.9 Å². The third kappa shape index (κ3) is 4.03. The summed E-state index contributed by atoms with van der Waals surface area (Å²) in [7, 11) is 0. The van der Waals surface area contributed by atoms with Crippen LogP contribution in [0.5, 0.6) is 0 Å². The van der Waals surface area contributed by atoms with Gasteiger partial charge in [0, 0.05) is 17.1 Å².